The summed E-state index contributed by atoms with van der Waals surface area (Å²) in [5, 5.41) is 3.62. The number of benzene rings is 1. The Morgan fingerprint density at radius 2 is 1.92 bits per heavy atom. The Hall–Kier alpha value is -1.30. The Kier molecular flexibility index (Phi) is 5.33. The van der Waals surface area contributed by atoms with Crippen LogP contribution in [-0.4, -0.2) is 49.6 Å². The summed E-state index contributed by atoms with van der Waals surface area (Å²) in [6.07, 6.45) is 4.68. The van der Waals surface area contributed by atoms with Gasteiger partial charge < -0.3 is 20.9 Å². The fourth-order valence-corrected chi connectivity index (χ4v) is 3.92. The van der Waals surface area contributed by atoms with E-state index in [0.717, 1.165) is 69.7 Å². The quantitative estimate of drug-likeness (QED) is 0.879. The lowest BCUT2D eigenvalue weighted by Crippen LogP contribution is -2.48. The average molecular weight is 351 g/mol. The number of anilines is 2. The summed E-state index contributed by atoms with van der Waals surface area (Å²) in [6.45, 7) is 4.11. The SMILES string of the molecule is CN1CCCN(c2ccc(NC(=O)C3(N)CCCC3)cc2Cl)CC1. The molecule has 24 heavy (non-hydrogen) atoms. The molecule has 1 aliphatic heterocycles. The summed E-state index contributed by atoms with van der Waals surface area (Å²) >= 11 is 6.49. The molecule has 5 nitrogen and oxygen atoms in total. The van der Waals surface area contributed by atoms with Gasteiger partial charge in [-0.3, -0.25) is 4.79 Å². The van der Waals surface area contributed by atoms with Crippen LogP contribution >= 0.6 is 11.6 Å². The van der Waals surface area contributed by atoms with Gasteiger partial charge >= 0.3 is 0 Å². The number of carbonyl (C=O) groups excluding carboxylic acids is 1. The van der Waals surface area contributed by atoms with E-state index in [2.05, 4.69) is 22.2 Å². The van der Waals surface area contributed by atoms with Crippen LogP contribution in [-0.2, 0) is 4.79 Å². The van der Waals surface area contributed by atoms with Crippen molar-refractivity contribution in [3.63, 3.8) is 0 Å². The molecule has 0 atom stereocenters. The van der Waals surface area contributed by atoms with Gasteiger partial charge in [0, 0.05) is 25.3 Å². The minimum atomic E-state index is -0.722. The number of halogens is 1. The first-order valence-electron chi connectivity index (χ1n) is 8.81. The minimum Gasteiger partial charge on any atom is -0.369 e. The number of likely N-dealkylation sites (N-methyl/N-ethyl adjacent to an activating group) is 1. The van der Waals surface area contributed by atoms with E-state index in [4.69, 9.17) is 17.3 Å². The van der Waals surface area contributed by atoms with Gasteiger partial charge in [0.15, 0.2) is 0 Å². The van der Waals surface area contributed by atoms with Crippen LogP contribution in [0.25, 0.3) is 0 Å². The maximum absolute atomic E-state index is 12.4. The zero-order valence-corrected chi connectivity index (χ0v) is 15.1. The highest BCUT2D eigenvalue weighted by Gasteiger charge is 2.37. The lowest BCUT2D eigenvalue weighted by Gasteiger charge is -2.25. The van der Waals surface area contributed by atoms with Gasteiger partial charge in [0.05, 0.1) is 16.2 Å². The van der Waals surface area contributed by atoms with E-state index < -0.39 is 5.54 Å². The van der Waals surface area contributed by atoms with Crippen LogP contribution in [0.4, 0.5) is 11.4 Å². The first-order chi connectivity index (χ1) is 11.5. The molecule has 0 radical (unpaired) electrons. The molecule has 0 unspecified atom stereocenters. The Morgan fingerprint density at radius 1 is 1.17 bits per heavy atom. The molecule has 1 aromatic carbocycles. The van der Waals surface area contributed by atoms with Gasteiger partial charge in [0.25, 0.3) is 0 Å². The van der Waals surface area contributed by atoms with Crippen LogP contribution in [0.2, 0.25) is 5.02 Å². The van der Waals surface area contributed by atoms with Crippen molar-refractivity contribution in [3.05, 3.63) is 23.2 Å². The van der Waals surface area contributed by atoms with E-state index >= 15 is 0 Å². The summed E-state index contributed by atoms with van der Waals surface area (Å²) in [4.78, 5) is 17.1. The number of nitrogens with zero attached hydrogens (tertiary/aromatic N) is 2. The Morgan fingerprint density at radius 3 is 2.62 bits per heavy atom. The van der Waals surface area contributed by atoms with Gasteiger partial charge in [-0.1, -0.05) is 24.4 Å². The molecule has 3 N–H and O–H groups in total. The summed E-state index contributed by atoms with van der Waals surface area (Å²) in [5.74, 6) is -0.0970. The molecule has 2 fully saturated rings. The molecule has 3 rings (SSSR count). The van der Waals surface area contributed by atoms with Crippen molar-refractivity contribution < 1.29 is 4.79 Å². The molecule has 1 heterocycles. The van der Waals surface area contributed by atoms with Crippen molar-refractivity contribution in [1.29, 1.82) is 0 Å². The van der Waals surface area contributed by atoms with Crippen molar-refractivity contribution in [1.82, 2.24) is 4.90 Å². The van der Waals surface area contributed by atoms with E-state index in [9.17, 15) is 4.79 Å². The van der Waals surface area contributed by atoms with Gasteiger partial charge in [0.2, 0.25) is 5.91 Å². The standard InChI is InChI=1S/C18H27ClN4O/c1-22-9-4-10-23(12-11-22)16-6-5-14(13-15(16)19)21-17(24)18(20)7-2-3-8-18/h5-6,13H,2-4,7-12,20H2,1H3,(H,21,24). The van der Waals surface area contributed by atoms with E-state index in [1.165, 1.54) is 0 Å². The highest BCUT2D eigenvalue weighted by molar-refractivity contribution is 6.33. The molecule has 0 aromatic heterocycles. The molecule has 0 bridgehead atoms. The molecule has 2 aliphatic rings. The van der Waals surface area contributed by atoms with Gasteiger partial charge in [-0.05, 0) is 51.1 Å². The molecule has 1 amide bonds. The number of carbonyl (C=O) groups is 1. The van der Waals surface area contributed by atoms with Crippen molar-refractivity contribution >= 4 is 28.9 Å². The third kappa shape index (κ3) is 3.85. The van der Waals surface area contributed by atoms with Crippen LogP contribution in [0.1, 0.15) is 32.1 Å². The lowest BCUT2D eigenvalue weighted by molar-refractivity contribution is -0.121. The molecular weight excluding hydrogens is 324 g/mol. The molecule has 132 valence electrons. The normalized spacial score (nSPS) is 21.5. The fraction of sp³-hybridized carbons (Fsp3) is 0.611. The predicted molar refractivity (Wildman–Crippen MR) is 99.8 cm³/mol. The smallest absolute Gasteiger partial charge is 0.244 e. The Bertz CT molecular complexity index is 601. The van der Waals surface area contributed by atoms with Crippen LogP contribution in [0, 0.1) is 0 Å². The van der Waals surface area contributed by atoms with Crippen molar-refractivity contribution in [3.8, 4) is 0 Å². The average Bonchev–Trinajstić information content (AvgIpc) is 2.88. The van der Waals surface area contributed by atoms with E-state index in [1.54, 1.807) is 0 Å². The number of amides is 1. The minimum absolute atomic E-state index is 0.0970. The number of nitrogens with two attached hydrogens (primary N) is 1. The monoisotopic (exact) mass is 350 g/mol. The zero-order valence-electron chi connectivity index (χ0n) is 14.4. The number of rotatable bonds is 3. The second-order valence-corrected chi connectivity index (χ2v) is 7.53. The Labute approximate surface area is 149 Å². The van der Waals surface area contributed by atoms with E-state index in [1.807, 2.05) is 18.2 Å². The van der Waals surface area contributed by atoms with E-state index in [-0.39, 0.29) is 5.91 Å². The molecular formula is C18H27ClN4O. The van der Waals surface area contributed by atoms with Gasteiger partial charge in [-0.25, -0.2) is 0 Å². The second-order valence-electron chi connectivity index (χ2n) is 7.13. The summed E-state index contributed by atoms with van der Waals surface area (Å²) in [5.41, 5.74) is 7.24. The highest BCUT2D eigenvalue weighted by Crippen LogP contribution is 2.32. The van der Waals surface area contributed by atoms with Crippen LogP contribution < -0.4 is 16.0 Å². The summed E-state index contributed by atoms with van der Waals surface area (Å²) in [6, 6.07) is 5.76. The molecule has 1 aliphatic carbocycles. The molecule has 1 aromatic rings. The third-order valence-corrected chi connectivity index (χ3v) is 5.52. The topological polar surface area (TPSA) is 61.6 Å². The first kappa shape index (κ1) is 17.5. The van der Waals surface area contributed by atoms with Gasteiger partial charge in [-0.2, -0.15) is 0 Å². The summed E-state index contributed by atoms with van der Waals surface area (Å²) < 4.78 is 0. The Balaban J connectivity index is 1.69. The molecule has 1 saturated heterocycles. The maximum Gasteiger partial charge on any atom is 0.244 e. The first-order valence-corrected chi connectivity index (χ1v) is 9.19. The molecule has 6 heteroatoms. The second kappa shape index (κ2) is 7.30. The number of nitrogens with one attached hydrogen (secondary N) is 1. The number of hydrogen-bond acceptors (Lipinski definition) is 4. The van der Waals surface area contributed by atoms with Crippen LogP contribution in [0.5, 0.6) is 0 Å². The predicted octanol–water partition coefficient (Wildman–Crippen LogP) is 2.69. The van der Waals surface area contributed by atoms with Crippen LogP contribution in [0.15, 0.2) is 18.2 Å². The number of hydrogen-bond donors (Lipinski definition) is 2. The van der Waals surface area contributed by atoms with Crippen molar-refractivity contribution in [2.24, 2.45) is 5.73 Å². The fourth-order valence-electron chi connectivity index (χ4n) is 3.62. The lowest BCUT2D eigenvalue weighted by atomic mass is 9.98. The van der Waals surface area contributed by atoms with Crippen molar-refractivity contribution in [2.75, 3.05) is 43.4 Å². The third-order valence-electron chi connectivity index (χ3n) is 5.21. The van der Waals surface area contributed by atoms with Crippen molar-refractivity contribution in [2.45, 2.75) is 37.6 Å². The molecule has 1 saturated carbocycles. The molecule has 0 spiro atoms. The summed E-state index contributed by atoms with van der Waals surface area (Å²) in [7, 11) is 2.15. The van der Waals surface area contributed by atoms with Gasteiger partial charge in [-0.15, -0.1) is 0 Å². The maximum atomic E-state index is 12.4. The highest BCUT2D eigenvalue weighted by atomic mass is 35.5. The van der Waals surface area contributed by atoms with E-state index in [0.29, 0.717) is 5.02 Å². The largest absolute Gasteiger partial charge is 0.369 e. The van der Waals surface area contributed by atoms with Gasteiger partial charge in [0.1, 0.15) is 0 Å². The zero-order chi connectivity index (χ0) is 17.2. The van der Waals surface area contributed by atoms with Crippen LogP contribution in [0.3, 0.4) is 0 Å².